The van der Waals surface area contributed by atoms with Crippen molar-refractivity contribution < 1.29 is 0 Å². The Bertz CT molecular complexity index is 251. The highest BCUT2D eigenvalue weighted by Gasteiger charge is 1.98. The van der Waals surface area contributed by atoms with Gasteiger partial charge in [-0.15, -0.1) is 5.10 Å². The van der Waals surface area contributed by atoms with Crippen LogP contribution in [-0.4, -0.2) is 21.0 Å². The first-order valence-electron chi connectivity index (χ1n) is 2.41. The van der Waals surface area contributed by atoms with Gasteiger partial charge in [-0.1, -0.05) is 11.8 Å². The van der Waals surface area contributed by atoms with Crippen LogP contribution in [0.1, 0.15) is 0 Å². The molecule has 0 aliphatic carbocycles. The molecule has 0 bridgehead atoms. The third-order valence-corrected chi connectivity index (χ3v) is 1.75. The van der Waals surface area contributed by atoms with Gasteiger partial charge in [0.05, 0.1) is 0 Å². The number of nitrogens with zero attached hydrogens (tertiary/aromatic N) is 2. The Labute approximate surface area is 56.3 Å². The van der Waals surface area contributed by atoms with Crippen LogP contribution < -0.4 is 5.69 Å². The van der Waals surface area contributed by atoms with E-state index in [1.54, 1.807) is 7.05 Å². The zero-order valence-electron chi connectivity index (χ0n) is 5.21. The van der Waals surface area contributed by atoms with Crippen LogP contribution in [0, 0.1) is 0 Å². The van der Waals surface area contributed by atoms with E-state index in [1.807, 2.05) is 6.26 Å². The molecule has 1 aromatic heterocycles. The Morgan fingerprint density at radius 2 is 2.44 bits per heavy atom. The molecular formula is C4H7N3OS. The van der Waals surface area contributed by atoms with Crippen LogP contribution in [0.5, 0.6) is 0 Å². The fourth-order valence-corrected chi connectivity index (χ4v) is 1.01. The molecule has 50 valence electrons. The number of nitrogens with one attached hydrogen (secondary N) is 1. The molecule has 1 heterocycles. The van der Waals surface area contributed by atoms with E-state index < -0.39 is 0 Å². The molecule has 0 radical (unpaired) electrons. The Morgan fingerprint density at radius 3 is 2.67 bits per heavy atom. The van der Waals surface area contributed by atoms with E-state index in [9.17, 15) is 4.79 Å². The molecule has 0 saturated carbocycles. The zero-order chi connectivity index (χ0) is 6.85. The van der Waals surface area contributed by atoms with Gasteiger partial charge in [-0.05, 0) is 6.26 Å². The summed E-state index contributed by atoms with van der Waals surface area (Å²) in [5.41, 5.74) is -0.167. The van der Waals surface area contributed by atoms with Crippen molar-refractivity contribution >= 4 is 11.8 Å². The quantitative estimate of drug-likeness (QED) is 0.558. The second-order valence-corrected chi connectivity index (χ2v) is 2.35. The summed E-state index contributed by atoms with van der Waals surface area (Å²) in [4.78, 5) is 10.6. The lowest BCUT2D eigenvalue weighted by molar-refractivity contribution is 0.767. The molecule has 1 N–H and O–H groups in total. The molecule has 0 unspecified atom stereocenters. The fourth-order valence-electron chi connectivity index (χ4n) is 0.515. The van der Waals surface area contributed by atoms with Crippen molar-refractivity contribution in [1.82, 2.24) is 14.8 Å². The largest absolute Gasteiger partial charge is 0.343 e. The van der Waals surface area contributed by atoms with Gasteiger partial charge in [0.1, 0.15) is 0 Å². The van der Waals surface area contributed by atoms with Crippen LogP contribution in [0.25, 0.3) is 0 Å². The number of hydrogen-bond donors (Lipinski definition) is 1. The van der Waals surface area contributed by atoms with Crippen LogP contribution in [0.3, 0.4) is 0 Å². The molecule has 1 aromatic rings. The summed E-state index contributed by atoms with van der Waals surface area (Å²) in [6, 6.07) is 0. The molecule has 0 aliphatic rings. The van der Waals surface area contributed by atoms with Gasteiger partial charge in [-0.25, -0.2) is 9.89 Å². The standard InChI is InChI=1S/C4H7N3OS/c1-7-3(8)5-6-4(7)9-2/h1-2H3,(H,5,8). The van der Waals surface area contributed by atoms with Crippen LogP contribution in [0.2, 0.25) is 0 Å². The van der Waals surface area contributed by atoms with E-state index in [2.05, 4.69) is 10.2 Å². The minimum Gasteiger partial charge on any atom is -0.273 e. The Morgan fingerprint density at radius 1 is 1.78 bits per heavy atom. The molecule has 9 heavy (non-hydrogen) atoms. The average Bonchev–Trinajstić information content (AvgIpc) is 2.15. The molecule has 0 atom stereocenters. The van der Waals surface area contributed by atoms with E-state index in [0.717, 1.165) is 0 Å². The monoisotopic (exact) mass is 145 g/mol. The van der Waals surface area contributed by atoms with E-state index in [-0.39, 0.29) is 5.69 Å². The summed E-state index contributed by atoms with van der Waals surface area (Å²) in [5, 5.41) is 6.75. The van der Waals surface area contributed by atoms with Crippen molar-refractivity contribution in [2.24, 2.45) is 7.05 Å². The maximum absolute atomic E-state index is 10.6. The summed E-state index contributed by atoms with van der Waals surface area (Å²) < 4.78 is 1.46. The minimum atomic E-state index is -0.167. The Kier molecular flexibility index (Phi) is 1.61. The first-order chi connectivity index (χ1) is 4.25. The Hall–Kier alpha value is -0.710. The maximum atomic E-state index is 10.6. The summed E-state index contributed by atoms with van der Waals surface area (Å²) in [6.45, 7) is 0. The van der Waals surface area contributed by atoms with Crippen molar-refractivity contribution in [3.05, 3.63) is 10.5 Å². The van der Waals surface area contributed by atoms with E-state index in [0.29, 0.717) is 5.16 Å². The molecule has 0 aromatic carbocycles. The summed E-state index contributed by atoms with van der Waals surface area (Å²) >= 11 is 1.44. The van der Waals surface area contributed by atoms with Gasteiger partial charge in [0.2, 0.25) is 0 Å². The molecule has 1 rings (SSSR count). The van der Waals surface area contributed by atoms with Crippen molar-refractivity contribution in [3.63, 3.8) is 0 Å². The van der Waals surface area contributed by atoms with Crippen molar-refractivity contribution in [3.8, 4) is 0 Å². The number of hydrogen-bond acceptors (Lipinski definition) is 3. The van der Waals surface area contributed by atoms with Gasteiger partial charge in [-0.3, -0.25) is 4.57 Å². The molecule has 0 saturated heterocycles. The van der Waals surface area contributed by atoms with Crippen LogP contribution in [-0.2, 0) is 7.05 Å². The van der Waals surface area contributed by atoms with E-state index in [4.69, 9.17) is 0 Å². The SMILES string of the molecule is CSc1n[nH]c(=O)n1C. The highest BCUT2D eigenvalue weighted by molar-refractivity contribution is 7.98. The van der Waals surface area contributed by atoms with Crippen LogP contribution >= 0.6 is 11.8 Å². The Balaban J connectivity index is 3.20. The third-order valence-electron chi connectivity index (χ3n) is 1.02. The smallest absolute Gasteiger partial charge is 0.273 e. The lowest BCUT2D eigenvalue weighted by Crippen LogP contribution is -2.12. The van der Waals surface area contributed by atoms with Crippen LogP contribution in [0.15, 0.2) is 9.95 Å². The normalized spacial score (nSPS) is 10.0. The highest BCUT2D eigenvalue weighted by Crippen LogP contribution is 2.04. The summed E-state index contributed by atoms with van der Waals surface area (Å²) in [5.74, 6) is 0. The van der Waals surface area contributed by atoms with Gasteiger partial charge in [0.25, 0.3) is 0 Å². The number of rotatable bonds is 1. The van der Waals surface area contributed by atoms with Crippen LogP contribution in [0.4, 0.5) is 0 Å². The molecule has 0 spiro atoms. The maximum Gasteiger partial charge on any atom is 0.343 e. The lowest BCUT2D eigenvalue weighted by Gasteiger charge is -1.88. The van der Waals surface area contributed by atoms with Crippen molar-refractivity contribution in [1.29, 1.82) is 0 Å². The highest BCUT2D eigenvalue weighted by atomic mass is 32.2. The second kappa shape index (κ2) is 2.26. The number of aromatic nitrogens is 3. The molecule has 0 aliphatic heterocycles. The second-order valence-electron chi connectivity index (χ2n) is 1.57. The summed E-state index contributed by atoms with van der Waals surface area (Å²) in [6.07, 6.45) is 1.87. The third kappa shape index (κ3) is 0.999. The van der Waals surface area contributed by atoms with Crippen molar-refractivity contribution in [2.75, 3.05) is 6.26 Å². The van der Waals surface area contributed by atoms with Gasteiger partial charge in [0, 0.05) is 7.05 Å². The zero-order valence-corrected chi connectivity index (χ0v) is 6.03. The van der Waals surface area contributed by atoms with Crippen molar-refractivity contribution in [2.45, 2.75) is 5.16 Å². The fraction of sp³-hybridized carbons (Fsp3) is 0.500. The lowest BCUT2D eigenvalue weighted by atomic mass is 11.1. The number of H-pyrrole nitrogens is 1. The molecule has 0 fully saturated rings. The number of aromatic amines is 1. The minimum absolute atomic E-state index is 0.167. The average molecular weight is 145 g/mol. The summed E-state index contributed by atoms with van der Waals surface area (Å²) in [7, 11) is 1.68. The molecule has 0 amide bonds. The van der Waals surface area contributed by atoms with Gasteiger partial charge in [-0.2, -0.15) is 0 Å². The topological polar surface area (TPSA) is 50.7 Å². The molecule has 4 nitrogen and oxygen atoms in total. The number of thioether (sulfide) groups is 1. The van der Waals surface area contributed by atoms with Gasteiger partial charge >= 0.3 is 5.69 Å². The predicted octanol–water partition coefficient (Wildman–Crippen LogP) is -0.170. The molecular weight excluding hydrogens is 138 g/mol. The van der Waals surface area contributed by atoms with E-state index in [1.165, 1.54) is 16.3 Å². The van der Waals surface area contributed by atoms with E-state index >= 15 is 0 Å². The first-order valence-corrected chi connectivity index (χ1v) is 3.63. The molecule has 5 heteroatoms. The van der Waals surface area contributed by atoms with Gasteiger partial charge < -0.3 is 0 Å². The first kappa shape index (κ1) is 6.41. The predicted molar refractivity (Wildman–Crippen MR) is 35.6 cm³/mol. The van der Waals surface area contributed by atoms with Gasteiger partial charge in [0.15, 0.2) is 5.16 Å².